The molecule has 2 aromatic rings. The number of carbonyl (C=O) groups is 2. The molecule has 2 rings (SSSR count). The molecule has 4 N–H and O–H groups in total. The molecule has 0 radical (unpaired) electrons. The van der Waals surface area contributed by atoms with Crippen LogP contribution in [0.15, 0.2) is 59.5 Å². The number of hydrogen-bond donors (Lipinski definition) is 4. The summed E-state index contributed by atoms with van der Waals surface area (Å²) in [7, 11) is -4.00. The Kier molecular flexibility index (Phi) is 7.05. The number of rotatable bonds is 8. The quantitative estimate of drug-likeness (QED) is 0.395. The lowest BCUT2D eigenvalue weighted by Gasteiger charge is -2.17. The van der Waals surface area contributed by atoms with Gasteiger partial charge in [-0.2, -0.15) is 4.72 Å². The van der Waals surface area contributed by atoms with Crippen molar-refractivity contribution < 1.29 is 23.2 Å². The van der Waals surface area contributed by atoms with Crippen LogP contribution in [0.1, 0.15) is 13.3 Å². The molecule has 8 nitrogen and oxygen atoms in total. The second-order valence-corrected chi connectivity index (χ2v) is 7.53. The summed E-state index contributed by atoms with van der Waals surface area (Å²) in [5.74, 6) is -1.22. The number of benzene rings is 2. The van der Waals surface area contributed by atoms with Crippen LogP contribution < -0.4 is 15.5 Å². The minimum absolute atomic E-state index is 0.0163. The van der Waals surface area contributed by atoms with Gasteiger partial charge in [0.05, 0.1) is 4.90 Å². The van der Waals surface area contributed by atoms with Gasteiger partial charge in [0.1, 0.15) is 6.04 Å². The van der Waals surface area contributed by atoms with Crippen molar-refractivity contribution >= 4 is 21.8 Å². The molecule has 0 fully saturated rings. The molecule has 144 valence electrons. The number of carbonyl (C=O) groups excluding carboxylic acids is 2. The molecule has 0 spiro atoms. The van der Waals surface area contributed by atoms with Gasteiger partial charge in [-0.3, -0.25) is 14.8 Å². The van der Waals surface area contributed by atoms with E-state index in [1.54, 1.807) is 12.1 Å². The van der Waals surface area contributed by atoms with Crippen molar-refractivity contribution in [2.75, 3.05) is 6.54 Å². The van der Waals surface area contributed by atoms with Crippen molar-refractivity contribution in [1.29, 1.82) is 0 Å². The largest absolute Gasteiger partial charge is 0.356 e. The summed E-state index contributed by atoms with van der Waals surface area (Å²) < 4.78 is 27.3. The van der Waals surface area contributed by atoms with Crippen molar-refractivity contribution in [3.8, 4) is 11.1 Å². The molecule has 0 heterocycles. The SMILES string of the molecule is CC(=O)NCC[C@@H](NS(=O)(=O)c1ccc(-c2ccccc2)cc1)C(=O)NO. The Balaban J connectivity index is 2.15. The third kappa shape index (κ3) is 5.88. The predicted octanol–water partition coefficient (Wildman–Crippen LogP) is 1.03. The molecule has 0 unspecified atom stereocenters. The molecule has 27 heavy (non-hydrogen) atoms. The van der Waals surface area contributed by atoms with E-state index in [1.807, 2.05) is 30.3 Å². The van der Waals surface area contributed by atoms with Gasteiger partial charge in [-0.1, -0.05) is 42.5 Å². The summed E-state index contributed by atoms with van der Waals surface area (Å²) in [6, 6.07) is 14.4. The van der Waals surface area contributed by atoms with Gasteiger partial charge in [0.2, 0.25) is 15.9 Å². The van der Waals surface area contributed by atoms with E-state index in [0.29, 0.717) is 0 Å². The minimum atomic E-state index is -4.00. The van der Waals surface area contributed by atoms with E-state index >= 15 is 0 Å². The van der Waals surface area contributed by atoms with E-state index in [2.05, 4.69) is 10.0 Å². The normalized spacial score (nSPS) is 12.2. The molecule has 0 aromatic heterocycles. The molecule has 2 aromatic carbocycles. The molecule has 0 bridgehead atoms. The highest BCUT2D eigenvalue weighted by Gasteiger charge is 2.25. The highest BCUT2D eigenvalue weighted by atomic mass is 32.2. The Morgan fingerprint density at radius 1 is 1.00 bits per heavy atom. The van der Waals surface area contributed by atoms with Crippen LogP contribution >= 0.6 is 0 Å². The van der Waals surface area contributed by atoms with Gasteiger partial charge in [0.15, 0.2) is 0 Å². The molecule has 2 amide bonds. The summed E-state index contributed by atoms with van der Waals surface area (Å²) in [5, 5.41) is 11.3. The summed E-state index contributed by atoms with van der Waals surface area (Å²) >= 11 is 0. The summed E-state index contributed by atoms with van der Waals surface area (Å²) in [6.45, 7) is 1.38. The fraction of sp³-hybridized carbons (Fsp3) is 0.222. The van der Waals surface area contributed by atoms with Crippen molar-refractivity contribution in [3.63, 3.8) is 0 Å². The average Bonchev–Trinajstić information content (AvgIpc) is 2.67. The first-order valence-electron chi connectivity index (χ1n) is 8.19. The third-order valence-electron chi connectivity index (χ3n) is 3.80. The van der Waals surface area contributed by atoms with E-state index in [1.165, 1.54) is 24.5 Å². The zero-order valence-electron chi connectivity index (χ0n) is 14.7. The number of nitrogens with one attached hydrogen (secondary N) is 3. The van der Waals surface area contributed by atoms with Crippen LogP contribution in [0.3, 0.4) is 0 Å². The second kappa shape index (κ2) is 9.26. The van der Waals surface area contributed by atoms with Crippen molar-refractivity contribution in [1.82, 2.24) is 15.5 Å². The van der Waals surface area contributed by atoms with Gasteiger partial charge >= 0.3 is 0 Å². The standard InChI is InChI=1S/C18H21N3O5S/c1-13(22)19-12-11-17(18(23)20-24)21-27(25,26)16-9-7-15(8-10-16)14-5-3-2-4-6-14/h2-10,17,21,24H,11-12H2,1H3,(H,19,22)(H,20,23)/t17-/m1/s1. The van der Waals surface area contributed by atoms with Crippen LogP contribution in [-0.2, 0) is 19.6 Å². The van der Waals surface area contributed by atoms with Crippen LogP contribution in [0.2, 0.25) is 0 Å². The fourth-order valence-electron chi connectivity index (χ4n) is 2.43. The van der Waals surface area contributed by atoms with Gasteiger partial charge in [-0.05, 0) is 29.7 Å². The average molecular weight is 391 g/mol. The van der Waals surface area contributed by atoms with Crippen LogP contribution in [0, 0.1) is 0 Å². The zero-order valence-corrected chi connectivity index (χ0v) is 15.5. The highest BCUT2D eigenvalue weighted by molar-refractivity contribution is 7.89. The molecule has 0 aliphatic carbocycles. The van der Waals surface area contributed by atoms with Crippen molar-refractivity contribution in [2.45, 2.75) is 24.3 Å². The molecule has 0 aliphatic heterocycles. The van der Waals surface area contributed by atoms with Gasteiger partial charge in [-0.15, -0.1) is 0 Å². The predicted molar refractivity (Wildman–Crippen MR) is 99.2 cm³/mol. The first-order chi connectivity index (χ1) is 12.8. The van der Waals surface area contributed by atoms with E-state index in [4.69, 9.17) is 5.21 Å². The first kappa shape index (κ1) is 20.6. The Bertz CT molecular complexity index is 883. The van der Waals surface area contributed by atoms with Crippen molar-refractivity contribution in [3.05, 3.63) is 54.6 Å². The van der Waals surface area contributed by atoms with Crippen LogP contribution in [0.25, 0.3) is 11.1 Å². The second-order valence-electron chi connectivity index (χ2n) is 5.81. The number of amides is 2. The Labute approximate surface area is 157 Å². The number of hydrogen-bond acceptors (Lipinski definition) is 5. The lowest BCUT2D eigenvalue weighted by Crippen LogP contribution is -2.47. The summed E-state index contributed by atoms with van der Waals surface area (Å²) in [6.07, 6.45) is -0.0205. The van der Waals surface area contributed by atoms with Crippen molar-refractivity contribution in [2.24, 2.45) is 0 Å². The molecule has 0 aliphatic rings. The Hall–Kier alpha value is -2.75. The highest BCUT2D eigenvalue weighted by Crippen LogP contribution is 2.21. The zero-order chi connectivity index (χ0) is 19.9. The van der Waals surface area contributed by atoms with E-state index < -0.39 is 22.0 Å². The minimum Gasteiger partial charge on any atom is -0.356 e. The maximum absolute atomic E-state index is 12.5. The number of hydroxylamine groups is 1. The maximum Gasteiger partial charge on any atom is 0.261 e. The number of sulfonamides is 1. The Morgan fingerprint density at radius 3 is 2.15 bits per heavy atom. The smallest absolute Gasteiger partial charge is 0.261 e. The summed E-state index contributed by atoms with van der Waals surface area (Å²) in [5.41, 5.74) is 3.23. The van der Waals surface area contributed by atoms with Gasteiger partial charge in [0, 0.05) is 13.5 Å². The van der Waals surface area contributed by atoms with Gasteiger partial charge < -0.3 is 5.32 Å². The molecular weight excluding hydrogens is 370 g/mol. The van der Waals surface area contributed by atoms with E-state index in [9.17, 15) is 18.0 Å². The van der Waals surface area contributed by atoms with Gasteiger partial charge in [0.25, 0.3) is 5.91 Å². The first-order valence-corrected chi connectivity index (χ1v) is 9.68. The lowest BCUT2D eigenvalue weighted by atomic mass is 10.1. The van der Waals surface area contributed by atoms with E-state index in [0.717, 1.165) is 11.1 Å². The van der Waals surface area contributed by atoms with E-state index in [-0.39, 0.29) is 23.8 Å². The van der Waals surface area contributed by atoms with Crippen LogP contribution in [0.4, 0.5) is 0 Å². The maximum atomic E-state index is 12.5. The summed E-state index contributed by atoms with van der Waals surface area (Å²) in [4.78, 5) is 22.6. The molecular formula is C18H21N3O5S. The molecule has 0 saturated carbocycles. The topological polar surface area (TPSA) is 125 Å². The van der Waals surface area contributed by atoms with Gasteiger partial charge in [-0.25, -0.2) is 13.9 Å². The molecule has 9 heteroatoms. The molecule has 1 atom stereocenters. The fourth-order valence-corrected chi connectivity index (χ4v) is 3.66. The van der Waals surface area contributed by atoms with Crippen LogP contribution in [-0.4, -0.2) is 38.0 Å². The monoisotopic (exact) mass is 391 g/mol. The lowest BCUT2D eigenvalue weighted by molar-refractivity contribution is -0.131. The molecule has 0 saturated heterocycles. The third-order valence-corrected chi connectivity index (χ3v) is 5.29. The Morgan fingerprint density at radius 2 is 1.59 bits per heavy atom. The van der Waals surface area contributed by atoms with Crippen LogP contribution in [0.5, 0.6) is 0 Å².